The predicted octanol–water partition coefficient (Wildman–Crippen LogP) is 3.24. The molecule has 1 aromatic heterocycles. The second-order valence-electron chi connectivity index (χ2n) is 6.04. The van der Waals surface area contributed by atoms with Gasteiger partial charge in [-0.3, -0.25) is 0 Å². The van der Waals surface area contributed by atoms with Crippen LogP contribution in [-0.4, -0.2) is 16.7 Å². The van der Waals surface area contributed by atoms with Crippen molar-refractivity contribution in [1.29, 1.82) is 0 Å². The average Bonchev–Trinajstić information content (AvgIpc) is 2.88. The molecule has 0 bridgehead atoms. The molecule has 4 nitrogen and oxygen atoms in total. The molecule has 1 aliphatic rings. The van der Waals surface area contributed by atoms with E-state index in [2.05, 4.69) is 48.3 Å². The molecular formula is C16H21N3O. The molecule has 0 amide bonds. The van der Waals surface area contributed by atoms with Gasteiger partial charge in [-0.2, -0.15) is 4.98 Å². The van der Waals surface area contributed by atoms with Crippen molar-refractivity contribution in [3.8, 4) is 11.4 Å². The van der Waals surface area contributed by atoms with Gasteiger partial charge in [0.1, 0.15) is 0 Å². The Morgan fingerprint density at radius 3 is 2.45 bits per heavy atom. The molecule has 0 unspecified atom stereocenters. The van der Waals surface area contributed by atoms with E-state index < -0.39 is 0 Å². The zero-order valence-electron chi connectivity index (χ0n) is 12.1. The second kappa shape index (κ2) is 5.02. The quantitative estimate of drug-likeness (QED) is 0.927. The third kappa shape index (κ3) is 2.14. The van der Waals surface area contributed by atoms with E-state index in [4.69, 9.17) is 10.3 Å². The van der Waals surface area contributed by atoms with Crippen LogP contribution in [0.2, 0.25) is 0 Å². The van der Waals surface area contributed by atoms with Crippen molar-refractivity contribution in [1.82, 2.24) is 10.1 Å². The molecule has 2 N–H and O–H groups in total. The lowest BCUT2D eigenvalue weighted by atomic mass is 9.69. The number of hydrogen-bond acceptors (Lipinski definition) is 4. The van der Waals surface area contributed by atoms with Gasteiger partial charge in [0.25, 0.3) is 0 Å². The fourth-order valence-corrected chi connectivity index (χ4v) is 2.68. The van der Waals surface area contributed by atoms with Crippen LogP contribution in [0.4, 0.5) is 0 Å². The molecule has 1 aliphatic carbocycles. The largest absolute Gasteiger partial charge is 0.338 e. The molecule has 0 spiro atoms. The van der Waals surface area contributed by atoms with Crippen molar-refractivity contribution < 1.29 is 4.52 Å². The van der Waals surface area contributed by atoms with Gasteiger partial charge >= 0.3 is 0 Å². The molecule has 1 heterocycles. The van der Waals surface area contributed by atoms with E-state index in [-0.39, 0.29) is 5.41 Å². The Hall–Kier alpha value is -1.68. The first-order valence-corrected chi connectivity index (χ1v) is 7.29. The number of hydrogen-bond donors (Lipinski definition) is 1. The van der Waals surface area contributed by atoms with Crippen molar-refractivity contribution in [2.24, 2.45) is 5.73 Å². The van der Waals surface area contributed by atoms with Crippen LogP contribution in [-0.2, 0) is 5.41 Å². The Kier molecular flexibility index (Phi) is 3.34. The van der Waals surface area contributed by atoms with E-state index in [0.717, 1.165) is 18.4 Å². The van der Waals surface area contributed by atoms with Crippen LogP contribution in [0.1, 0.15) is 50.5 Å². The van der Waals surface area contributed by atoms with Crippen molar-refractivity contribution in [2.45, 2.75) is 44.4 Å². The summed E-state index contributed by atoms with van der Waals surface area (Å²) >= 11 is 0. The van der Waals surface area contributed by atoms with Crippen LogP contribution in [0.5, 0.6) is 0 Å². The fraction of sp³-hybridized carbons (Fsp3) is 0.500. The molecule has 2 aromatic rings. The van der Waals surface area contributed by atoms with Gasteiger partial charge in [0.05, 0.1) is 5.41 Å². The van der Waals surface area contributed by atoms with Gasteiger partial charge in [-0.05, 0) is 24.3 Å². The van der Waals surface area contributed by atoms with Crippen LogP contribution in [0, 0.1) is 0 Å². The van der Waals surface area contributed by atoms with E-state index in [0.29, 0.717) is 24.2 Å². The maximum Gasteiger partial charge on any atom is 0.234 e. The van der Waals surface area contributed by atoms with Crippen LogP contribution in [0.3, 0.4) is 0 Å². The number of aromatic nitrogens is 2. The number of nitrogens with zero attached hydrogens (tertiary/aromatic N) is 2. The molecule has 0 radical (unpaired) electrons. The first-order chi connectivity index (χ1) is 9.64. The summed E-state index contributed by atoms with van der Waals surface area (Å²) in [7, 11) is 0. The Morgan fingerprint density at radius 1 is 1.25 bits per heavy atom. The minimum atomic E-state index is -0.0663. The lowest BCUT2D eigenvalue weighted by molar-refractivity contribution is 0.182. The molecule has 0 aliphatic heterocycles. The summed E-state index contributed by atoms with van der Waals surface area (Å²) in [6.45, 7) is 4.95. The highest BCUT2D eigenvalue weighted by atomic mass is 16.5. The Bertz CT molecular complexity index is 577. The monoisotopic (exact) mass is 271 g/mol. The van der Waals surface area contributed by atoms with Crippen molar-refractivity contribution >= 4 is 0 Å². The smallest absolute Gasteiger partial charge is 0.234 e. The molecular weight excluding hydrogens is 250 g/mol. The summed E-state index contributed by atoms with van der Waals surface area (Å²) < 4.78 is 5.45. The third-order valence-electron chi connectivity index (χ3n) is 4.42. The van der Waals surface area contributed by atoms with E-state index in [9.17, 15) is 0 Å². The van der Waals surface area contributed by atoms with Crippen molar-refractivity contribution in [3.63, 3.8) is 0 Å². The first-order valence-electron chi connectivity index (χ1n) is 7.29. The van der Waals surface area contributed by atoms with E-state index in [1.807, 2.05) is 0 Å². The highest BCUT2D eigenvalue weighted by Crippen LogP contribution is 2.42. The maximum absolute atomic E-state index is 5.87. The van der Waals surface area contributed by atoms with E-state index >= 15 is 0 Å². The standard InChI is InChI=1S/C16H21N3O/c1-11(2)12-4-6-13(7-5-12)14-18-15(20-19-14)16(10-17)8-3-9-16/h4-7,11H,3,8-10,17H2,1-2H3. The maximum atomic E-state index is 5.87. The molecule has 3 rings (SSSR count). The van der Waals surface area contributed by atoms with Gasteiger partial charge in [0, 0.05) is 12.1 Å². The Labute approximate surface area is 119 Å². The van der Waals surface area contributed by atoms with Crippen molar-refractivity contribution in [3.05, 3.63) is 35.7 Å². The van der Waals surface area contributed by atoms with Crippen LogP contribution in [0.25, 0.3) is 11.4 Å². The lowest BCUT2D eigenvalue weighted by Gasteiger charge is -2.36. The van der Waals surface area contributed by atoms with Gasteiger partial charge in [0.2, 0.25) is 11.7 Å². The van der Waals surface area contributed by atoms with Gasteiger partial charge in [0.15, 0.2) is 0 Å². The first kappa shape index (κ1) is 13.3. The van der Waals surface area contributed by atoms with Gasteiger partial charge in [-0.15, -0.1) is 0 Å². The summed E-state index contributed by atoms with van der Waals surface area (Å²) in [6.07, 6.45) is 3.30. The van der Waals surface area contributed by atoms with E-state index in [1.54, 1.807) is 0 Å². The van der Waals surface area contributed by atoms with Gasteiger partial charge in [-0.1, -0.05) is 49.7 Å². The fourth-order valence-electron chi connectivity index (χ4n) is 2.68. The second-order valence-corrected chi connectivity index (χ2v) is 6.04. The van der Waals surface area contributed by atoms with Gasteiger partial charge < -0.3 is 10.3 Å². The molecule has 0 atom stereocenters. The zero-order valence-corrected chi connectivity index (χ0v) is 12.1. The van der Waals surface area contributed by atoms with E-state index in [1.165, 1.54) is 12.0 Å². The molecule has 1 aromatic carbocycles. The molecule has 1 saturated carbocycles. The van der Waals surface area contributed by atoms with Crippen LogP contribution < -0.4 is 5.73 Å². The third-order valence-corrected chi connectivity index (χ3v) is 4.42. The molecule has 20 heavy (non-hydrogen) atoms. The zero-order chi connectivity index (χ0) is 14.2. The van der Waals surface area contributed by atoms with Crippen molar-refractivity contribution in [2.75, 3.05) is 6.54 Å². The minimum absolute atomic E-state index is 0.0663. The van der Waals surface area contributed by atoms with Crippen LogP contribution >= 0.6 is 0 Å². The normalized spacial score (nSPS) is 17.2. The Morgan fingerprint density at radius 2 is 1.95 bits per heavy atom. The lowest BCUT2D eigenvalue weighted by Crippen LogP contribution is -2.41. The van der Waals surface area contributed by atoms with Crippen LogP contribution in [0.15, 0.2) is 28.8 Å². The molecule has 106 valence electrons. The number of benzene rings is 1. The highest BCUT2D eigenvalue weighted by molar-refractivity contribution is 5.55. The topological polar surface area (TPSA) is 64.9 Å². The summed E-state index contributed by atoms with van der Waals surface area (Å²) in [6, 6.07) is 8.36. The summed E-state index contributed by atoms with van der Waals surface area (Å²) in [5, 5.41) is 4.12. The minimum Gasteiger partial charge on any atom is -0.338 e. The predicted molar refractivity (Wildman–Crippen MR) is 78.4 cm³/mol. The highest BCUT2D eigenvalue weighted by Gasteiger charge is 2.42. The summed E-state index contributed by atoms with van der Waals surface area (Å²) in [5.74, 6) is 1.89. The molecule has 1 fully saturated rings. The Balaban J connectivity index is 1.86. The molecule has 4 heteroatoms. The number of rotatable bonds is 4. The number of nitrogens with two attached hydrogens (primary N) is 1. The summed E-state index contributed by atoms with van der Waals surface area (Å²) in [4.78, 5) is 4.56. The average molecular weight is 271 g/mol. The SMILES string of the molecule is CC(C)c1ccc(-c2noc(C3(CN)CCC3)n2)cc1. The molecule has 0 saturated heterocycles. The summed E-state index contributed by atoms with van der Waals surface area (Å²) in [5.41, 5.74) is 8.12. The van der Waals surface area contributed by atoms with Gasteiger partial charge in [-0.25, -0.2) is 0 Å².